The van der Waals surface area contributed by atoms with Gasteiger partial charge in [0.25, 0.3) is 0 Å². The summed E-state index contributed by atoms with van der Waals surface area (Å²) < 4.78 is 2.43. The second-order valence-corrected chi connectivity index (χ2v) is 14.5. The molecule has 0 saturated carbocycles. The van der Waals surface area contributed by atoms with Gasteiger partial charge in [-0.3, -0.25) is 0 Å². The molecule has 1 aromatic heterocycles. The summed E-state index contributed by atoms with van der Waals surface area (Å²) in [5.41, 5.74) is 15.6. The molecule has 1 aliphatic rings. The standard InChI is InChI=1S/C54H40N2/c1-6-17-39(18-7-1)43-31-34-50-52(38-43)56(47-27-14-5-15-28-47)51-36-35-49(53(54(50)51)41-19-8-2-9-20-41)44-22-16-21-42(37-44)40-29-32-48(33-30-40)55(45-23-10-3-11-24-45)46-25-12-4-13-26-46/h1-25,27-38,46H,26H2. The van der Waals surface area contributed by atoms with Gasteiger partial charge in [-0.2, -0.15) is 0 Å². The summed E-state index contributed by atoms with van der Waals surface area (Å²) in [4.78, 5) is 2.44. The first-order valence-corrected chi connectivity index (χ1v) is 19.5. The second-order valence-electron chi connectivity index (χ2n) is 14.5. The molecule has 0 spiro atoms. The predicted octanol–water partition coefficient (Wildman–Crippen LogP) is 14.5. The lowest BCUT2D eigenvalue weighted by Crippen LogP contribution is -2.29. The Bertz CT molecular complexity index is 2850. The lowest BCUT2D eigenvalue weighted by atomic mass is 9.89. The first-order chi connectivity index (χ1) is 27.8. The Balaban J connectivity index is 1.12. The molecule has 0 aliphatic heterocycles. The molecular weight excluding hydrogens is 677 g/mol. The van der Waals surface area contributed by atoms with E-state index >= 15 is 0 Å². The largest absolute Gasteiger partial charge is 0.334 e. The van der Waals surface area contributed by atoms with Gasteiger partial charge in [0.2, 0.25) is 0 Å². The SMILES string of the molecule is C1=CCC(N(c2ccccc2)c2ccc(-c3cccc(-c4ccc5c(c4-c4ccccc4)c4ccc(-c6ccccc6)cc4n5-c4ccccc4)c3)cc2)C=C1. The molecule has 8 aromatic carbocycles. The summed E-state index contributed by atoms with van der Waals surface area (Å²) in [7, 11) is 0. The van der Waals surface area contributed by atoms with Crippen LogP contribution in [0.25, 0.3) is 72.0 Å². The number of para-hydroxylation sites is 2. The Kier molecular flexibility index (Phi) is 8.70. The molecule has 0 saturated heterocycles. The minimum Gasteiger partial charge on any atom is -0.334 e. The molecule has 0 radical (unpaired) electrons. The fourth-order valence-electron chi connectivity index (χ4n) is 8.48. The van der Waals surface area contributed by atoms with E-state index in [1.54, 1.807) is 0 Å². The number of allylic oxidation sites excluding steroid dienone is 2. The minimum atomic E-state index is 0.265. The maximum atomic E-state index is 2.44. The average Bonchev–Trinajstić information content (AvgIpc) is 3.62. The Hall–Kier alpha value is -7.16. The third kappa shape index (κ3) is 6.12. The highest BCUT2D eigenvalue weighted by Gasteiger charge is 2.22. The van der Waals surface area contributed by atoms with Crippen molar-refractivity contribution in [2.75, 3.05) is 4.90 Å². The van der Waals surface area contributed by atoms with Gasteiger partial charge >= 0.3 is 0 Å². The van der Waals surface area contributed by atoms with Crippen molar-refractivity contribution in [3.8, 4) is 50.2 Å². The molecule has 2 heteroatoms. The van der Waals surface area contributed by atoms with Gasteiger partial charge in [-0.25, -0.2) is 0 Å². The van der Waals surface area contributed by atoms with Crippen molar-refractivity contribution in [2.24, 2.45) is 0 Å². The smallest absolute Gasteiger partial charge is 0.0559 e. The number of anilines is 2. The number of benzene rings is 8. The molecular formula is C54H40N2. The normalized spacial score (nSPS) is 13.7. The van der Waals surface area contributed by atoms with Gasteiger partial charge in [0.15, 0.2) is 0 Å². The molecule has 266 valence electrons. The van der Waals surface area contributed by atoms with Gasteiger partial charge in [-0.05, 0) is 106 Å². The summed E-state index contributed by atoms with van der Waals surface area (Å²) in [6.45, 7) is 0. The van der Waals surface area contributed by atoms with Gasteiger partial charge in [0.1, 0.15) is 0 Å². The van der Waals surface area contributed by atoms with Crippen molar-refractivity contribution >= 4 is 33.2 Å². The summed E-state index contributed by atoms with van der Waals surface area (Å²) in [5, 5.41) is 2.50. The summed E-state index contributed by atoms with van der Waals surface area (Å²) in [6.07, 6.45) is 9.82. The van der Waals surface area contributed by atoms with Crippen molar-refractivity contribution in [3.63, 3.8) is 0 Å². The Morgan fingerprint density at radius 3 is 1.73 bits per heavy atom. The zero-order valence-corrected chi connectivity index (χ0v) is 31.0. The number of aromatic nitrogens is 1. The molecule has 56 heavy (non-hydrogen) atoms. The highest BCUT2D eigenvalue weighted by Crippen LogP contribution is 2.45. The quantitative estimate of drug-likeness (QED) is 0.152. The Morgan fingerprint density at radius 2 is 1.02 bits per heavy atom. The van der Waals surface area contributed by atoms with Crippen LogP contribution >= 0.6 is 0 Å². The summed E-state index contributed by atoms with van der Waals surface area (Å²) >= 11 is 0. The molecule has 0 bridgehead atoms. The van der Waals surface area contributed by atoms with E-state index in [1.165, 1.54) is 77.7 Å². The fraction of sp³-hybridized carbons (Fsp3) is 0.0370. The van der Waals surface area contributed by atoms with E-state index in [1.807, 2.05) is 0 Å². The van der Waals surface area contributed by atoms with Crippen LogP contribution in [0.15, 0.2) is 224 Å². The van der Waals surface area contributed by atoms with Crippen LogP contribution in [0.2, 0.25) is 0 Å². The lowest BCUT2D eigenvalue weighted by Gasteiger charge is -2.32. The van der Waals surface area contributed by atoms with E-state index in [2.05, 4.69) is 234 Å². The molecule has 1 atom stereocenters. The van der Waals surface area contributed by atoms with Crippen LogP contribution in [0.5, 0.6) is 0 Å². The molecule has 10 rings (SSSR count). The number of fused-ring (bicyclic) bond motifs is 3. The van der Waals surface area contributed by atoms with Gasteiger partial charge in [0, 0.05) is 27.8 Å². The molecule has 0 amide bonds. The van der Waals surface area contributed by atoms with Crippen LogP contribution in [0.1, 0.15) is 6.42 Å². The third-order valence-corrected chi connectivity index (χ3v) is 11.1. The van der Waals surface area contributed by atoms with Crippen LogP contribution in [0.3, 0.4) is 0 Å². The zero-order valence-electron chi connectivity index (χ0n) is 31.0. The Morgan fingerprint density at radius 1 is 0.429 bits per heavy atom. The van der Waals surface area contributed by atoms with Crippen LogP contribution in [-0.4, -0.2) is 10.6 Å². The van der Waals surface area contributed by atoms with Crippen LogP contribution in [0.4, 0.5) is 11.4 Å². The van der Waals surface area contributed by atoms with Gasteiger partial charge < -0.3 is 9.47 Å². The van der Waals surface area contributed by atoms with E-state index in [4.69, 9.17) is 0 Å². The topological polar surface area (TPSA) is 8.17 Å². The Labute approximate surface area is 328 Å². The maximum Gasteiger partial charge on any atom is 0.0559 e. The molecule has 1 unspecified atom stereocenters. The van der Waals surface area contributed by atoms with Crippen molar-refractivity contribution in [2.45, 2.75) is 12.5 Å². The number of hydrogen-bond acceptors (Lipinski definition) is 1. The highest BCUT2D eigenvalue weighted by molar-refractivity contribution is 6.19. The van der Waals surface area contributed by atoms with Gasteiger partial charge in [0.05, 0.1) is 17.1 Å². The lowest BCUT2D eigenvalue weighted by molar-refractivity contribution is 0.785. The number of nitrogens with zero attached hydrogens (tertiary/aromatic N) is 2. The molecule has 1 heterocycles. The van der Waals surface area contributed by atoms with Crippen LogP contribution in [-0.2, 0) is 0 Å². The van der Waals surface area contributed by atoms with Crippen molar-refractivity contribution in [1.29, 1.82) is 0 Å². The second kappa shape index (κ2) is 14.6. The molecule has 0 fully saturated rings. The molecule has 2 nitrogen and oxygen atoms in total. The van der Waals surface area contributed by atoms with Crippen molar-refractivity contribution < 1.29 is 0 Å². The predicted molar refractivity (Wildman–Crippen MR) is 238 cm³/mol. The van der Waals surface area contributed by atoms with Crippen LogP contribution < -0.4 is 4.90 Å². The minimum absolute atomic E-state index is 0.265. The average molecular weight is 717 g/mol. The van der Waals surface area contributed by atoms with Gasteiger partial charge in [-0.15, -0.1) is 0 Å². The van der Waals surface area contributed by atoms with E-state index in [0.29, 0.717) is 0 Å². The first kappa shape index (κ1) is 33.4. The summed E-state index contributed by atoms with van der Waals surface area (Å²) in [6, 6.07) is 73.1. The maximum absolute atomic E-state index is 2.44. The van der Waals surface area contributed by atoms with E-state index in [9.17, 15) is 0 Å². The van der Waals surface area contributed by atoms with Gasteiger partial charge in [-0.1, -0.05) is 170 Å². The van der Waals surface area contributed by atoms with E-state index < -0.39 is 0 Å². The third-order valence-electron chi connectivity index (χ3n) is 11.1. The van der Waals surface area contributed by atoms with E-state index in [0.717, 1.165) is 12.1 Å². The zero-order chi connectivity index (χ0) is 37.3. The first-order valence-electron chi connectivity index (χ1n) is 19.5. The summed E-state index contributed by atoms with van der Waals surface area (Å²) in [5.74, 6) is 0. The molecule has 9 aromatic rings. The van der Waals surface area contributed by atoms with Crippen LogP contribution in [0, 0.1) is 0 Å². The van der Waals surface area contributed by atoms with Crippen molar-refractivity contribution in [1.82, 2.24) is 4.57 Å². The van der Waals surface area contributed by atoms with Crippen molar-refractivity contribution in [3.05, 3.63) is 224 Å². The monoisotopic (exact) mass is 716 g/mol. The fourth-order valence-corrected chi connectivity index (χ4v) is 8.48. The van der Waals surface area contributed by atoms with E-state index in [-0.39, 0.29) is 6.04 Å². The highest BCUT2D eigenvalue weighted by atomic mass is 15.2. The molecule has 1 aliphatic carbocycles. The molecule has 0 N–H and O–H groups in total. The number of rotatable bonds is 8. The number of hydrogen-bond donors (Lipinski definition) is 0.